The predicted octanol–water partition coefficient (Wildman–Crippen LogP) is 7.20. The zero-order chi connectivity index (χ0) is 25.7. The Morgan fingerprint density at radius 1 is 0.917 bits per heavy atom. The number of esters is 1. The molecule has 36 heavy (non-hydrogen) atoms. The Balaban J connectivity index is 1.37. The van der Waals surface area contributed by atoms with Crippen LogP contribution in [0.1, 0.15) is 60.0 Å². The molecule has 7 heteroatoms. The van der Waals surface area contributed by atoms with Gasteiger partial charge in [0.1, 0.15) is 17.7 Å². The first-order valence-electron chi connectivity index (χ1n) is 12.1. The van der Waals surface area contributed by atoms with Crippen LogP contribution in [0.25, 0.3) is 11.1 Å². The van der Waals surface area contributed by atoms with E-state index in [1.165, 1.54) is 12.1 Å². The number of rotatable bonds is 8. The van der Waals surface area contributed by atoms with Crippen molar-refractivity contribution in [1.82, 2.24) is 0 Å². The van der Waals surface area contributed by atoms with Gasteiger partial charge in [0.2, 0.25) is 0 Å². The van der Waals surface area contributed by atoms with Crippen molar-refractivity contribution in [3.05, 3.63) is 88.7 Å². The highest BCUT2D eigenvalue weighted by Crippen LogP contribution is 2.38. The van der Waals surface area contributed by atoms with Gasteiger partial charge >= 0.3 is 5.97 Å². The molecule has 3 aromatic rings. The molecule has 1 aliphatic carbocycles. The smallest absolute Gasteiger partial charge is 0.341 e. The van der Waals surface area contributed by atoms with Crippen molar-refractivity contribution in [3.8, 4) is 16.9 Å². The fourth-order valence-corrected chi connectivity index (χ4v) is 4.61. The first-order chi connectivity index (χ1) is 17.4. The molecule has 1 fully saturated rings. The summed E-state index contributed by atoms with van der Waals surface area (Å²) >= 11 is 0. The van der Waals surface area contributed by atoms with Gasteiger partial charge in [0.15, 0.2) is 11.6 Å². The number of carbonyl (C=O) groups excluding carboxylic acids is 1. The first-order valence-corrected chi connectivity index (χ1v) is 12.1. The molecule has 1 saturated carbocycles. The van der Waals surface area contributed by atoms with Crippen LogP contribution in [-0.2, 0) is 16.1 Å². The van der Waals surface area contributed by atoms with E-state index >= 15 is 4.39 Å². The Kier molecular flexibility index (Phi) is 8.31. The van der Waals surface area contributed by atoms with E-state index in [1.807, 2.05) is 6.92 Å². The van der Waals surface area contributed by atoms with E-state index in [1.54, 1.807) is 49.6 Å². The maximum absolute atomic E-state index is 15.0. The molecule has 190 valence electrons. The van der Waals surface area contributed by atoms with Crippen LogP contribution in [0, 0.1) is 17.5 Å². The molecule has 0 N–H and O–H groups in total. The van der Waals surface area contributed by atoms with Crippen molar-refractivity contribution in [2.75, 3.05) is 13.7 Å². The molecule has 0 spiro atoms. The van der Waals surface area contributed by atoms with Crippen LogP contribution in [0.2, 0.25) is 0 Å². The summed E-state index contributed by atoms with van der Waals surface area (Å²) in [6.45, 7) is 2.63. The molecule has 0 aromatic heterocycles. The Morgan fingerprint density at radius 2 is 1.64 bits per heavy atom. The highest BCUT2D eigenvalue weighted by atomic mass is 19.2. The highest BCUT2D eigenvalue weighted by Gasteiger charge is 2.29. The molecule has 3 aromatic carbocycles. The standard InChI is InChI=1S/C29H29F3O4/c1-3-35-17-18-4-13-25(26(30)16-18)29(33)36-22-11-7-20(8-12-22)24-15-14-23(27(31)28(24)32)19-5-9-21(34-2)10-6-19/h4-6,9-10,13-16,20,22H,3,7-8,11-12,17H2,1-2H3. The zero-order valence-electron chi connectivity index (χ0n) is 20.4. The van der Waals surface area contributed by atoms with Gasteiger partial charge in [-0.25, -0.2) is 18.0 Å². The molecule has 4 nitrogen and oxygen atoms in total. The Bertz CT molecular complexity index is 1200. The van der Waals surface area contributed by atoms with Gasteiger partial charge in [-0.15, -0.1) is 0 Å². The van der Waals surface area contributed by atoms with Crippen molar-refractivity contribution < 1.29 is 32.2 Å². The van der Waals surface area contributed by atoms with E-state index in [4.69, 9.17) is 14.2 Å². The zero-order valence-corrected chi connectivity index (χ0v) is 20.4. The number of carbonyl (C=O) groups is 1. The van der Waals surface area contributed by atoms with Gasteiger partial charge in [-0.1, -0.05) is 30.3 Å². The molecule has 0 bridgehead atoms. The summed E-state index contributed by atoms with van der Waals surface area (Å²) in [6, 6.07) is 14.3. The summed E-state index contributed by atoms with van der Waals surface area (Å²) in [5.41, 5.74) is 1.59. The van der Waals surface area contributed by atoms with E-state index in [0.717, 1.165) is 0 Å². The lowest BCUT2D eigenvalue weighted by Crippen LogP contribution is -2.25. The largest absolute Gasteiger partial charge is 0.497 e. The van der Waals surface area contributed by atoms with E-state index in [9.17, 15) is 13.6 Å². The molecule has 4 rings (SSSR count). The lowest BCUT2D eigenvalue weighted by Gasteiger charge is -2.29. The van der Waals surface area contributed by atoms with Crippen LogP contribution < -0.4 is 4.74 Å². The minimum Gasteiger partial charge on any atom is -0.497 e. The lowest BCUT2D eigenvalue weighted by molar-refractivity contribution is 0.0189. The lowest BCUT2D eigenvalue weighted by atomic mass is 9.82. The van der Waals surface area contributed by atoms with E-state index in [0.29, 0.717) is 54.7 Å². The minimum absolute atomic E-state index is 0.125. The van der Waals surface area contributed by atoms with Gasteiger partial charge in [0.05, 0.1) is 19.3 Å². The van der Waals surface area contributed by atoms with Crippen LogP contribution in [0.3, 0.4) is 0 Å². The van der Waals surface area contributed by atoms with Gasteiger partial charge in [-0.05, 0) is 79.5 Å². The van der Waals surface area contributed by atoms with Gasteiger partial charge in [-0.2, -0.15) is 0 Å². The molecule has 0 saturated heterocycles. The van der Waals surface area contributed by atoms with Crippen molar-refractivity contribution >= 4 is 5.97 Å². The van der Waals surface area contributed by atoms with Gasteiger partial charge in [-0.3, -0.25) is 0 Å². The van der Waals surface area contributed by atoms with Crippen molar-refractivity contribution in [1.29, 1.82) is 0 Å². The number of hydrogen-bond acceptors (Lipinski definition) is 4. The van der Waals surface area contributed by atoms with Crippen molar-refractivity contribution in [3.63, 3.8) is 0 Å². The number of halogens is 3. The number of ether oxygens (including phenoxy) is 3. The van der Waals surface area contributed by atoms with Crippen LogP contribution in [0.15, 0.2) is 54.6 Å². The third-order valence-corrected chi connectivity index (χ3v) is 6.63. The summed E-state index contributed by atoms with van der Waals surface area (Å²) in [5.74, 6) is -2.66. The van der Waals surface area contributed by atoms with Gasteiger partial charge in [0.25, 0.3) is 0 Å². The van der Waals surface area contributed by atoms with Gasteiger partial charge in [0, 0.05) is 12.2 Å². The summed E-state index contributed by atoms with van der Waals surface area (Å²) in [5, 5.41) is 0. The monoisotopic (exact) mass is 498 g/mol. The number of hydrogen-bond donors (Lipinski definition) is 0. The van der Waals surface area contributed by atoms with Gasteiger partial charge < -0.3 is 14.2 Å². The summed E-state index contributed by atoms with van der Waals surface area (Å²) in [7, 11) is 1.54. The second kappa shape index (κ2) is 11.6. The Hall–Kier alpha value is -3.32. The summed E-state index contributed by atoms with van der Waals surface area (Å²) in [4.78, 5) is 12.5. The summed E-state index contributed by atoms with van der Waals surface area (Å²) < 4.78 is 60.3. The molecule has 1 aliphatic rings. The van der Waals surface area contributed by atoms with Crippen LogP contribution in [-0.4, -0.2) is 25.8 Å². The van der Waals surface area contributed by atoms with Crippen LogP contribution in [0.5, 0.6) is 5.75 Å². The third kappa shape index (κ3) is 5.73. The van der Waals surface area contributed by atoms with E-state index < -0.39 is 29.5 Å². The predicted molar refractivity (Wildman–Crippen MR) is 130 cm³/mol. The molecule has 0 amide bonds. The van der Waals surface area contributed by atoms with Crippen LogP contribution in [0.4, 0.5) is 13.2 Å². The molecular formula is C29H29F3O4. The average molecular weight is 499 g/mol. The molecule has 0 heterocycles. The summed E-state index contributed by atoms with van der Waals surface area (Å²) in [6.07, 6.45) is 1.64. The number of benzene rings is 3. The second-order valence-corrected chi connectivity index (χ2v) is 8.89. The quantitative estimate of drug-likeness (QED) is 0.308. The van der Waals surface area contributed by atoms with Crippen molar-refractivity contribution in [2.24, 2.45) is 0 Å². The number of methoxy groups -OCH3 is 1. The fourth-order valence-electron chi connectivity index (χ4n) is 4.61. The Morgan fingerprint density at radius 3 is 2.28 bits per heavy atom. The Labute approximate surface area is 209 Å². The SMILES string of the molecule is CCOCc1ccc(C(=O)OC2CCC(c3ccc(-c4ccc(OC)cc4)c(F)c3F)CC2)c(F)c1. The normalized spacial score (nSPS) is 17.6. The van der Waals surface area contributed by atoms with Crippen molar-refractivity contribution in [2.45, 2.75) is 51.2 Å². The maximum atomic E-state index is 15.0. The maximum Gasteiger partial charge on any atom is 0.341 e. The average Bonchev–Trinajstić information content (AvgIpc) is 2.89. The molecule has 0 radical (unpaired) electrons. The fraction of sp³-hybridized carbons (Fsp3) is 0.345. The van der Waals surface area contributed by atoms with E-state index in [2.05, 4.69) is 0 Å². The third-order valence-electron chi connectivity index (χ3n) is 6.63. The second-order valence-electron chi connectivity index (χ2n) is 8.89. The molecule has 0 unspecified atom stereocenters. The van der Waals surface area contributed by atoms with E-state index in [-0.39, 0.29) is 23.7 Å². The first kappa shape index (κ1) is 25.8. The minimum atomic E-state index is -0.880. The molecular weight excluding hydrogens is 469 g/mol. The molecule has 0 atom stereocenters. The highest BCUT2D eigenvalue weighted by molar-refractivity contribution is 5.89. The van der Waals surface area contributed by atoms with Crippen LogP contribution >= 0.6 is 0 Å². The molecule has 0 aliphatic heterocycles. The topological polar surface area (TPSA) is 44.8 Å².